The van der Waals surface area contributed by atoms with Crippen molar-refractivity contribution in [2.45, 2.75) is 32.4 Å². The van der Waals surface area contributed by atoms with Gasteiger partial charge in [-0.15, -0.1) is 0 Å². The summed E-state index contributed by atoms with van der Waals surface area (Å²) in [4.78, 5) is 4.79. The van der Waals surface area contributed by atoms with E-state index in [9.17, 15) is 0 Å². The summed E-state index contributed by atoms with van der Waals surface area (Å²) in [6.07, 6.45) is 0. The van der Waals surface area contributed by atoms with Gasteiger partial charge in [0.05, 0.1) is 13.2 Å². The average Bonchev–Trinajstić information content (AvgIpc) is 2.09. The second-order valence-electron chi connectivity index (χ2n) is 5.48. The Kier molecular flexibility index (Phi) is 5.18. The number of aliphatic hydroxyl groups is 1. The van der Waals surface area contributed by atoms with Crippen LogP contribution in [0.4, 0.5) is 0 Å². The van der Waals surface area contributed by atoms with Gasteiger partial charge in [0.2, 0.25) is 0 Å². The first-order valence-electron chi connectivity index (χ1n) is 6.08. The van der Waals surface area contributed by atoms with Crippen molar-refractivity contribution in [3.05, 3.63) is 0 Å². The standard InChI is InChI=1S/C12H26N2O2/c1-12(2,3)14-9-11(10-14)13(5-7-15)6-8-16-4/h11,15H,5-10H2,1-4H3. The quantitative estimate of drug-likeness (QED) is 0.717. The zero-order valence-corrected chi connectivity index (χ0v) is 11.1. The van der Waals surface area contributed by atoms with Crippen LogP contribution >= 0.6 is 0 Å². The first-order valence-corrected chi connectivity index (χ1v) is 6.08. The number of likely N-dealkylation sites (tertiary alicyclic amines) is 1. The average molecular weight is 230 g/mol. The van der Waals surface area contributed by atoms with Crippen LogP contribution in [-0.2, 0) is 4.74 Å². The molecule has 0 aromatic heterocycles. The number of aliphatic hydroxyl groups excluding tert-OH is 1. The van der Waals surface area contributed by atoms with Crippen LogP contribution in [0.15, 0.2) is 0 Å². The third-order valence-corrected chi connectivity index (χ3v) is 3.30. The molecule has 96 valence electrons. The molecule has 1 fully saturated rings. The summed E-state index contributed by atoms with van der Waals surface area (Å²) >= 11 is 0. The van der Waals surface area contributed by atoms with Crippen molar-refractivity contribution in [3.8, 4) is 0 Å². The van der Waals surface area contributed by atoms with Crippen LogP contribution in [0.25, 0.3) is 0 Å². The van der Waals surface area contributed by atoms with E-state index in [1.165, 1.54) is 0 Å². The maximum atomic E-state index is 9.03. The van der Waals surface area contributed by atoms with Crippen LogP contribution in [-0.4, -0.2) is 73.0 Å². The topological polar surface area (TPSA) is 35.9 Å². The van der Waals surface area contributed by atoms with E-state index in [4.69, 9.17) is 9.84 Å². The van der Waals surface area contributed by atoms with Crippen molar-refractivity contribution in [1.29, 1.82) is 0 Å². The number of rotatable bonds is 6. The zero-order valence-electron chi connectivity index (χ0n) is 11.1. The van der Waals surface area contributed by atoms with Crippen molar-refractivity contribution < 1.29 is 9.84 Å². The van der Waals surface area contributed by atoms with Crippen LogP contribution in [0.3, 0.4) is 0 Å². The van der Waals surface area contributed by atoms with Crippen molar-refractivity contribution in [2.75, 3.05) is 46.5 Å². The normalized spacial score (nSPS) is 19.1. The molecule has 0 unspecified atom stereocenters. The zero-order chi connectivity index (χ0) is 12.2. The molecule has 1 N–H and O–H groups in total. The molecule has 0 spiro atoms. The lowest BCUT2D eigenvalue weighted by atomic mass is 9.96. The molecule has 4 heteroatoms. The summed E-state index contributed by atoms with van der Waals surface area (Å²) in [7, 11) is 1.72. The third kappa shape index (κ3) is 3.70. The summed E-state index contributed by atoms with van der Waals surface area (Å²) in [6.45, 7) is 11.6. The van der Waals surface area contributed by atoms with Gasteiger partial charge < -0.3 is 9.84 Å². The summed E-state index contributed by atoms with van der Waals surface area (Å²) in [5, 5.41) is 9.03. The lowest BCUT2D eigenvalue weighted by molar-refractivity contribution is -0.0330. The monoisotopic (exact) mass is 230 g/mol. The molecular weight excluding hydrogens is 204 g/mol. The molecule has 0 radical (unpaired) electrons. The van der Waals surface area contributed by atoms with Crippen molar-refractivity contribution in [2.24, 2.45) is 0 Å². The van der Waals surface area contributed by atoms with Crippen LogP contribution in [0.2, 0.25) is 0 Å². The minimum Gasteiger partial charge on any atom is -0.395 e. The minimum atomic E-state index is 0.232. The van der Waals surface area contributed by atoms with Crippen LogP contribution < -0.4 is 0 Å². The molecular formula is C12H26N2O2. The van der Waals surface area contributed by atoms with E-state index in [0.29, 0.717) is 6.04 Å². The minimum absolute atomic E-state index is 0.232. The summed E-state index contributed by atoms with van der Waals surface area (Å²) < 4.78 is 5.09. The van der Waals surface area contributed by atoms with Gasteiger partial charge in [0.15, 0.2) is 0 Å². The predicted octanol–water partition coefficient (Wildman–Crippen LogP) is 0.410. The van der Waals surface area contributed by atoms with E-state index in [0.717, 1.165) is 32.8 Å². The number of hydrogen-bond acceptors (Lipinski definition) is 4. The van der Waals surface area contributed by atoms with Crippen molar-refractivity contribution in [1.82, 2.24) is 9.80 Å². The van der Waals surface area contributed by atoms with Crippen LogP contribution in [0.1, 0.15) is 20.8 Å². The highest BCUT2D eigenvalue weighted by Gasteiger charge is 2.37. The Morgan fingerprint density at radius 2 is 1.94 bits per heavy atom. The van der Waals surface area contributed by atoms with Crippen molar-refractivity contribution >= 4 is 0 Å². The Balaban J connectivity index is 2.33. The van der Waals surface area contributed by atoms with E-state index in [1.807, 2.05) is 0 Å². The molecule has 1 saturated heterocycles. The Morgan fingerprint density at radius 1 is 1.31 bits per heavy atom. The highest BCUT2D eigenvalue weighted by molar-refractivity contribution is 4.94. The van der Waals surface area contributed by atoms with Crippen molar-refractivity contribution in [3.63, 3.8) is 0 Å². The fourth-order valence-corrected chi connectivity index (χ4v) is 2.05. The maximum Gasteiger partial charge on any atom is 0.0589 e. The Labute approximate surface area is 99.2 Å². The fourth-order valence-electron chi connectivity index (χ4n) is 2.05. The fraction of sp³-hybridized carbons (Fsp3) is 1.00. The molecule has 0 atom stereocenters. The summed E-state index contributed by atoms with van der Waals surface area (Å²) in [6, 6.07) is 0.585. The highest BCUT2D eigenvalue weighted by Crippen LogP contribution is 2.23. The first kappa shape index (κ1) is 13.9. The number of nitrogens with zero attached hydrogens (tertiary/aromatic N) is 2. The van der Waals surface area contributed by atoms with E-state index in [2.05, 4.69) is 30.6 Å². The first-order chi connectivity index (χ1) is 7.49. The number of hydrogen-bond donors (Lipinski definition) is 1. The largest absolute Gasteiger partial charge is 0.395 e. The van der Waals surface area contributed by atoms with Crippen LogP contribution in [0.5, 0.6) is 0 Å². The molecule has 4 nitrogen and oxygen atoms in total. The number of methoxy groups -OCH3 is 1. The van der Waals surface area contributed by atoms with E-state index >= 15 is 0 Å². The van der Waals surface area contributed by atoms with Gasteiger partial charge in [-0.3, -0.25) is 9.80 Å². The van der Waals surface area contributed by atoms with Gasteiger partial charge in [0.1, 0.15) is 0 Å². The summed E-state index contributed by atoms with van der Waals surface area (Å²) in [5.41, 5.74) is 0.267. The third-order valence-electron chi connectivity index (χ3n) is 3.30. The molecule has 1 heterocycles. The molecule has 1 aliphatic heterocycles. The summed E-state index contributed by atoms with van der Waals surface area (Å²) in [5.74, 6) is 0. The Bertz CT molecular complexity index is 198. The molecule has 0 amide bonds. The predicted molar refractivity (Wildman–Crippen MR) is 65.6 cm³/mol. The molecule has 0 aromatic carbocycles. The van der Waals surface area contributed by atoms with E-state index in [1.54, 1.807) is 7.11 Å². The molecule has 0 saturated carbocycles. The second kappa shape index (κ2) is 5.96. The lowest BCUT2D eigenvalue weighted by Gasteiger charge is -2.51. The number of ether oxygens (including phenoxy) is 1. The molecule has 1 aliphatic rings. The van der Waals surface area contributed by atoms with Gasteiger partial charge in [-0.05, 0) is 20.8 Å². The van der Waals surface area contributed by atoms with Gasteiger partial charge in [-0.25, -0.2) is 0 Å². The molecule has 16 heavy (non-hydrogen) atoms. The van der Waals surface area contributed by atoms with Crippen LogP contribution in [0, 0.1) is 0 Å². The molecule has 0 aromatic rings. The second-order valence-corrected chi connectivity index (χ2v) is 5.48. The van der Waals surface area contributed by atoms with Gasteiger partial charge in [0.25, 0.3) is 0 Å². The lowest BCUT2D eigenvalue weighted by Crippen LogP contribution is -2.65. The smallest absolute Gasteiger partial charge is 0.0589 e. The van der Waals surface area contributed by atoms with Gasteiger partial charge >= 0.3 is 0 Å². The van der Waals surface area contributed by atoms with E-state index < -0.39 is 0 Å². The molecule has 0 aliphatic carbocycles. The Hall–Kier alpha value is -0.160. The van der Waals surface area contributed by atoms with Gasteiger partial charge in [-0.1, -0.05) is 0 Å². The van der Waals surface area contributed by atoms with Gasteiger partial charge in [0, 0.05) is 44.9 Å². The Morgan fingerprint density at radius 3 is 2.38 bits per heavy atom. The highest BCUT2D eigenvalue weighted by atomic mass is 16.5. The molecule has 0 bridgehead atoms. The maximum absolute atomic E-state index is 9.03. The van der Waals surface area contributed by atoms with Gasteiger partial charge in [-0.2, -0.15) is 0 Å². The molecule has 1 rings (SSSR count). The SMILES string of the molecule is COCCN(CCO)C1CN(C(C)(C)C)C1. The van der Waals surface area contributed by atoms with E-state index in [-0.39, 0.29) is 12.1 Å².